The normalized spacial score (nSPS) is 25.2. The van der Waals surface area contributed by atoms with Gasteiger partial charge in [-0.25, -0.2) is 0 Å². The molecule has 1 N–H and O–H groups in total. The summed E-state index contributed by atoms with van der Waals surface area (Å²) in [6, 6.07) is 0.310. The molecule has 1 aliphatic carbocycles. The second kappa shape index (κ2) is 6.25. The molecule has 0 bridgehead atoms. The van der Waals surface area contributed by atoms with E-state index >= 15 is 0 Å². The van der Waals surface area contributed by atoms with Crippen molar-refractivity contribution in [2.45, 2.75) is 78.9 Å². The van der Waals surface area contributed by atoms with Gasteiger partial charge in [-0.1, -0.05) is 33.6 Å². The summed E-state index contributed by atoms with van der Waals surface area (Å²) in [5, 5.41) is 3.18. The van der Waals surface area contributed by atoms with Crippen LogP contribution in [-0.2, 0) is 9.53 Å². The number of carbonyl (C=O) groups is 1. The van der Waals surface area contributed by atoms with Gasteiger partial charge in [0, 0.05) is 6.04 Å². The predicted molar refractivity (Wildman–Crippen MR) is 79.0 cm³/mol. The van der Waals surface area contributed by atoms with Crippen molar-refractivity contribution in [3.63, 3.8) is 0 Å². The summed E-state index contributed by atoms with van der Waals surface area (Å²) in [7, 11) is 0. The van der Waals surface area contributed by atoms with Gasteiger partial charge in [-0.15, -0.1) is 0 Å². The molecular formula is C16H31NO2. The van der Waals surface area contributed by atoms with Crippen molar-refractivity contribution in [1.82, 2.24) is 5.32 Å². The van der Waals surface area contributed by atoms with Gasteiger partial charge in [0.25, 0.3) is 0 Å². The molecule has 0 radical (unpaired) electrons. The molecule has 0 aromatic carbocycles. The van der Waals surface area contributed by atoms with Crippen LogP contribution in [0.25, 0.3) is 0 Å². The molecule has 0 aliphatic heterocycles. The van der Waals surface area contributed by atoms with Crippen LogP contribution in [0.1, 0.15) is 67.2 Å². The maximum atomic E-state index is 12.0. The molecule has 0 aromatic rings. The Kier molecular flexibility index (Phi) is 5.43. The molecule has 1 amide bonds. The highest BCUT2D eigenvalue weighted by molar-refractivity contribution is 5.77. The molecule has 0 saturated heterocycles. The number of amides is 1. The lowest BCUT2D eigenvalue weighted by Crippen LogP contribution is -2.48. The summed E-state index contributed by atoms with van der Waals surface area (Å²) in [5.41, 5.74) is -0.00339. The number of rotatable bonds is 3. The second-order valence-corrected chi connectivity index (χ2v) is 7.83. The summed E-state index contributed by atoms with van der Waals surface area (Å²) in [6.07, 6.45) is 4.82. The fraction of sp³-hybridized carbons (Fsp3) is 0.938. The predicted octanol–water partition coefficient (Wildman–Crippen LogP) is 3.52. The van der Waals surface area contributed by atoms with Crippen LogP contribution in [0.3, 0.4) is 0 Å². The van der Waals surface area contributed by atoms with Crippen molar-refractivity contribution >= 4 is 5.91 Å². The van der Waals surface area contributed by atoms with Gasteiger partial charge >= 0.3 is 0 Å². The molecular weight excluding hydrogens is 238 g/mol. The van der Waals surface area contributed by atoms with Gasteiger partial charge in [-0.3, -0.25) is 4.79 Å². The van der Waals surface area contributed by atoms with Gasteiger partial charge in [0.1, 0.15) is 6.61 Å². The average molecular weight is 269 g/mol. The van der Waals surface area contributed by atoms with Crippen molar-refractivity contribution < 1.29 is 9.53 Å². The third kappa shape index (κ3) is 5.94. The van der Waals surface area contributed by atoms with Crippen molar-refractivity contribution in [3.05, 3.63) is 0 Å². The Hall–Kier alpha value is -0.570. The fourth-order valence-electron chi connectivity index (χ4n) is 2.87. The van der Waals surface area contributed by atoms with Crippen molar-refractivity contribution in [1.29, 1.82) is 0 Å². The quantitative estimate of drug-likeness (QED) is 0.851. The van der Waals surface area contributed by atoms with Gasteiger partial charge < -0.3 is 10.1 Å². The van der Waals surface area contributed by atoms with E-state index < -0.39 is 0 Å². The van der Waals surface area contributed by atoms with Crippen LogP contribution in [-0.4, -0.2) is 24.2 Å². The number of carbonyl (C=O) groups excluding carboxylic acids is 1. The summed E-state index contributed by atoms with van der Waals surface area (Å²) in [5.74, 6) is 0.593. The van der Waals surface area contributed by atoms with Crippen molar-refractivity contribution in [2.24, 2.45) is 11.3 Å². The third-order valence-corrected chi connectivity index (χ3v) is 3.86. The van der Waals surface area contributed by atoms with E-state index in [0.29, 0.717) is 12.0 Å². The Morgan fingerprint density at radius 1 is 1.11 bits per heavy atom. The third-order valence-electron chi connectivity index (χ3n) is 3.86. The first kappa shape index (κ1) is 16.5. The summed E-state index contributed by atoms with van der Waals surface area (Å²) in [4.78, 5) is 12.0. The fourth-order valence-corrected chi connectivity index (χ4v) is 2.87. The van der Waals surface area contributed by atoms with Gasteiger partial charge in [-0.2, -0.15) is 0 Å². The Morgan fingerprint density at radius 2 is 1.68 bits per heavy atom. The maximum absolute atomic E-state index is 12.0. The minimum absolute atomic E-state index is 0.0241. The van der Waals surface area contributed by atoms with Crippen LogP contribution in [0.5, 0.6) is 0 Å². The van der Waals surface area contributed by atoms with Crippen LogP contribution in [0, 0.1) is 11.3 Å². The topological polar surface area (TPSA) is 38.3 Å². The summed E-state index contributed by atoms with van der Waals surface area (Å²) in [6.45, 7) is 12.9. The lowest BCUT2D eigenvalue weighted by Gasteiger charge is -2.40. The van der Waals surface area contributed by atoms with Gasteiger partial charge in [-0.05, 0) is 44.9 Å². The van der Waals surface area contributed by atoms with E-state index in [0.717, 1.165) is 6.42 Å². The molecule has 1 fully saturated rings. The highest BCUT2D eigenvalue weighted by Gasteiger charge is 2.34. The number of hydrogen-bond acceptors (Lipinski definition) is 2. The van der Waals surface area contributed by atoms with Gasteiger partial charge in [0.15, 0.2) is 0 Å². The van der Waals surface area contributed by atoms with Crippen molar-refractivity contribution in [2.75, 3.05) is 6.61 Å². The first-order valence-electron chi connectivity index (χ1n) is 7.53. The molecule has 19 heavy (non-hydrogen) atoms. The molecule has 0 aromatic heterocycles. The number of nitrogens with one attached hydrogen (secondary N) is 1. The minimum atomic E-state index is -0.257. The SMILES string of the molecule is CC(C)(C)OCC(=O)NC1CCCCC1C(C)(C)C. The van der Waals surface area contributed by atoms with Crippen LogP contribution in [0.4, 0.5) is 0 Å². The molecule has 0 heterocycles. The highest BCUT2D eigenvalue weighted by atomic mass is 16.5. The molecule has 2 unspecified atom stereocenters. The Labute approximate surface area is 118 Å². The van der Waals surface area contributed by atoms with Crippen molar-refractivity contribution in [3.8, 4) is 0 Å². The van der Waals surface area contributed by atoms with E-state index in [1.807, 2.05) is 20.8 Å². The van der Waals surface area contributed by atoms with E-state index in [1.54, 1.807) is 0 Å². The smallest absolute Gasteiger partial charge is 0.246 e. The van der Waals surface area contributed by atoms with E-state index in [4.69, 9.17) is 4.74 Å². The zero-order chi connectivity index (χ0) is 14.7. The maximum Gasteiger partial charge on any atom is 0.246 e. The molecule has 1 saturated carbocycles. The van der Waals surface area contributed by atoms with Crippen LogP contribution < -0.4 is 5.32 Å². The summed E-state index contributed by atoms with van der Waals surface area (Å²) < 4.78 is 5.54. The van der Waals surface area contributed by atoms with Crippen LogP contribution in [0.15, 0.2) is 0 Å². The number of ether oxygens (including phenoxy) is 1. The Bertz CT molecular complexity index is 299. The zero-order valence-electron chi connectivity index (χ0n) is 13.5. The second-order valence-electron chi connectivity index (χ2n) is 7.83. The van der Waals surface area contributed by atoms with Gasteiger partial charge in [0.05, 0.1) is 5.60 Å². The largest absolute Gasteiger partial charge is 0.366 e. The first-order chi connectivity index (χ1) is 8.59. The lowest BCUT2D eigenvalue weighted by atomic mass is 9.69. The van der Waals surface area contributed by atoms with Crippen LogP contribution in [0.2, 0.25) is 0 Å². The van der Waals surface area contributed by atoms with E-state index in [2.05, 4.69) is 26.1 Å². The van der Waals surface area contributed by atoms with E-state index in [1.165, 1.54) is 19.3 Å². The molecule has 1 aliphatic rings. The standard InChI is InChI=1S/C16H31NO2/c1-15(2,3)12-9-7-8-10-13(12)17-14(18)11-19-16(4,5)6/h12-13H,7-11H2,1-6H3,(H,17,18). The Morgan fingerprint density at radius 3 is 2.21 bits per heavy atom. The number of hydrogen-bond donors (Lipinski definition) is 1. The zero-order valence-corrected chi connectivity index (χ0v) is 13.5. The minimum Gasteiger partial charge on any atom is -0.366 e. The first-order valence-corrected chi connectivity index (χ1v) is 7.53. The molecule has 3 nitrogen and oxygen atoms in total. The Balaban J connectivity index is 2.51. The molecule has 1 rings (SSSR count). The average Bonchev–Trinajstić information content (AvgIpc) is 2.25. The molecule has 2 atom stereocenters. The van der Waals surface area contributed by atoms with E-state index in [9.17, 15) is 4.79 Å². The molecule has 0 spiro atoms. The molecule has 112 valence electrons. The van der Waals surface area contributed by atoms with Gasteiger partial charge in [0.2, 0.25) is 5.91 Å². The monoisotopic (exact) mass is 269 g/mol. The highest BCUT2D eigenvalue weighted by Crippen LogP contribution is 2.37. The molecule has 3 heteroatoms. The van der Waals surface area contributed by atoms with E-state index in [-0.39, 0.29) is 23.5 Å². The van der Waals surface area contributed by atoms with Crippen LogP contribution >= 0.6 is 0 Å². The summed E-state index contributed by atoms with van der Waals surface area (Å²) >= 11 is 0. The lowest BCUT2D eigenvalue weighted by molar-refractivity contribution is -0.132.